The summed E-state index contributed by atoms with van der Waals surface area (Å²) in [6.07, 6.45) is 0. The molecule has 32 heavy (non-hydrogen) atoms. The van der Waals surface area contributed by atoms with Crippen molar-refractivity contribution in [3.63, 3.8) is 0 Å². The van der Waals surface area contributed by atoms with Crippen LogP contribution >= 0.6 is 0 Å². The van der Waals surface area contributed by atoms with E-state index in [-0.39, 0.29) is 0 Å². The molecule has 4 aromatic carbocycles. The Morgan fingerprint density at radius 3 is 1.97 bits per heavy atom. The van der Waals surface area contributed by atoms with Gasteiger partial charge in [-0.2, -0.15) is 0 Å². The maximum absolute atomic E-state index is 2.56. The van der Waals surface area contributed by atoms with Crippen LogP contribution in [-0.4, -0.2) is 16.1 Å². The summed E-state index contributed by atoms with van der Waals surface area (Å²) in [4.78, 5) is 0. The summed E-state index contributed by atoms with van der Waals surface area (Å²) in [5, 5.41) is 5.51. The third-order valence-corrected chi connectivity index (χ3v) is 10.6. The van der Waals surface area contributed by atoms with E-state index < -0.39 is 16.1 Å². The Morgan fingerprint density at radius 2 is 1.28 bits per heavy atom. The van der Waals surface area contributed by atoms with Crippen LogP contribution in [0, 0.1) is 0 Å². The molecule has 0 aliphatic heterocycles. The Balaban J connectivity index is 1.85. The Labute approximate surface area is 195 Å². The monoisotopic (exact) mass is 450 g/mol. The molecule has 0 amide bonds. The van der Waals surface area contributed by atoms with Gasteiger partial charge in [-0.15, -0.1) is 0 Å². The number of hydrogen-bond acceptors (Lipinski definition) is 0. The van der Waals surface area contributed by atoms with E-state index in [9.17, 15) is 0 Å². The minimum absolute atomic E-state index is 0.524. The van der Waals surface area contributed by atoms with Gasteiger partial charge in [-0.05, 0) is 61.5 Å². The summed E-state index contributed by atoms with van der Waals surface area (Å²) in [6.45, 7) is 15.2. The molecule has 5 rings (SSSR count). The van der Waals surface area contributed by atoms with Crippen molar-refractivity contribution in [1.82, 2.24) is 0 Å². The Bertz CT molecular complexity index is 1360. The molecule has 0 aromatic heterocycles. The van der Waals surface area contributed by atoms with E-state index in [4.69, 9.17) is 0 Å². The average molecular weight is 451 g/mol. The lowest BCUT2D eigenvalue weighted by Gasteiger charge is -2.31. The average Bonchev–Trinajstić information content (AvgIpc) is 3.07. The molecular formula is C30H34Si2. The SMILES string of the molecule is C[Si](C)(C)CC1=C(c2ccc3ccccc3c2)[C@H]([Si](C)(C)C)c2c1ccc1ccccc21. The summed E-state index contributed by atoms with van der Waals surface area (Å²) < 4.78 is 0. The lowest BCUT2D eigenvalue weighted by atomic mass is 9.96. The summed E-state index contributed by atoms with van der Waals surface area (Å²) in [5.74, 6) is 0. The third-order valence-electron chi connectivity index (χ3n) is 6.83. The predicted octanol–water partition coefficient (Wildman–Crippen LogP) is 9.22. The fourth-order valence-corrected chi connectivity index (χ4v) is 9.44. The van der Waals surface area contributed by atoms with Crippen LogP contribution in [0.2, 0.25) is 45.3 Å². The molecule has 0 nitrogen and oxygen atoms in total. The first kappa shape index (κ1) is 21.4. The summed E-state index contributed by atoms with van der Waals surface area (Å²) in [7, 11) is -2.88. The molecule has 0 saturated carbocycles. The highest BCUT2D eigenvalue weighted by Crippen LogP contribution is 2.55. The number of allylic oxidation sites excluding steroid dienone is 2. The van der Waals surface area contributed by atoms with Crippen molar-refractivity contribution in [1.29, 1.82) is 0 Å². The largest absolute Gasteiger partial charge is 0.0693 e. The number of benzene rings is 4. The molecule has 0 radical (unpaired) electrons. The first-order valence-electron chi connectivity index (χ1n) is 11.9. The molecule has 0 heterocycles. The molecule has 0 spiro atoms. The van der Waals surface area contributed by atoms with E-state index in [1.54, 1.807) is 16.7 Å². The maximum Gasteiger partial charge on any atom is 0.0574 e. The van der Waals surface area contributed by atoms with Gasteiger partial charge in [0.15, 0.2) is 0 Å². The van der Waals surface area contributed by atoms with Crippen molar-refractivity contribution < 1.29 is 0 Å². The maximum atomic E-state index is 2.56. The molecule has 0 bridgehead atoms. The van der Waals surface area contributed by atoms with Crippen LogP contribution in [0.3, 0.4) is 0 Å². The second kappa shape index (κ2) is 7.57. The van der Waals surface area contributed by atoms with Gasteiger partial charge >= 0.3 is 0 Å². The summed E-state index contributed by atoms with van der Waals surface area (Å²) in [6, 6.07) is 31.0. The highest BCUT2D eigenvalue weighted by molar-refractivity contribution is 6.81. The lowest BCUT2D eigenvalue weighted by Crippen LogP contribution is -2.31. The predicted molar refractivity (Wildman–Crippen MR) is 149 cm³/mol. The normalized spacial score (nSPS) is 16.8. The lowest BCUT2D eigenvalue weighted by molar-refractivity contribution is 1.20. The number of rotatable bonds is 4. The van der Waals surface area contributed by atoms with E-state index in [0.717, 1.165) is 0 Å². The first-order valence-corrected chi connectivity index (χ1v) is 19.2. The Kier molecular flexibility index (Phi) is 5.07. The van der Waals surface area contributed by atoms with Crippen LogP contribution in [0.4, 0.5) is 0 Å². The van der Waals surface area contributed by atoms with Crippen molar-refractivity contribution in [3.05, 3.63) is 95.6 Å². The second-order valence-corrected chi connectivity index (χ2v) is 22.5. The van der Waals surface area contributed by atoms with E-state index in [0.29, 0.717) is 5.54 Å². The van der Waals surface area contributed by atoms with E-state index in [1.165, 1.54) is 38.7 Å². The highest BCUT2D eigenvalue weighted by atomic mass is 28.3. The molecule has 162 valence electrons. The van der Waals surface area contributed by atoms with Crippen molar-refractivity contribution >= 4 is 48.8 Å². The van der Waals surface area contributed by atoms with Gasteiger partial charge in [0, 0.05) is 13.6 Å². The van der Waals surface area contributed by atoms with Crippen LogP contribution in [0.25, 0.3) is 32.7 Å². The van der Waals surface area contributed by atoms with Gasteiger partial charge in [0.1, 0.15) is 0 Å². The van der Waals surface area contributed by atoms with E-state index in [2.05, 4.69) is 118 Å². The third kappa shape index (κ3) is 3.70. The molecule has 1 aliphatic rings. The molecule has 4 aromatic rings. The van der Waals surface area contributed by atoms with Gasteiger partial charge < -0.3 is 0 Å². The molecule has 0 N–H and O–H groups in total. The quantitative estimate of drug-likeness (QED) is 0.272. The smallest absolute Gasteiger partial charge is 0.0574 e. The van der Waals surface area contributed by atoms with Crippen LogP contribution in [0.1, 0.15) is 22.2 Å². The molecule has 1 aliphatic carbocycles. The molecule has 0 saturated heterocycles. The fourth-order valence-electron chi connectivity index (χ4n) is 5.62. The van der Waals surface area contributed by atoms with Gasteiger partial charge in [0.05, 0.1) is 8.07 Å². The molecule has 2 heteroatoms. The van der Waals surface area contributed by atoms with Crippen molar-refractivity contribution in [2.24, 2.45) is 0 Å². The summed E-state index contributed by atoms with van der Waals surface area (Å²) >= 11 is 0. The minimum Gasteiger partial charge on any atom is -0.0693 e. The van der Waals surface area contributed by atoms with Gasteiger partial charge in [0.25, 0.3) is 0 Å². The van der Waals surface area contributed by atoms with Gasteiger partial charge in [-0.1, -0.05) is 112 Å². The van der Waals surface area contributed by atoms with Crippen LogP contribution in [0.15, 0.2) is 78.9 Å². The topological polar surface area (TPSA) is 0 Å². The standard InChI is InChI=1S/C30H34Si2/c1-31(2,3)20-27-26-18-17-22-12-9-10-14-25(22)29(26)30(32(4,5)6)28(27)24-16-15-21-11-7-8-13-23(21)19-24/h7-19,30H,20H2,1-6H3/t30-/m0/s1. The number of hydrogen-bond donors (Lipinski definition) is 0. The van der Waals surface area contributed by atoms with Crippen LogP contribution in [0.5, 0.6) is 0 Å². The van der Waals surface area contributed by atoms with E-state index >= 15 is 0 Å². The Hall–Kier alpha value is -2.43. The van der Waals surface area contributed by atoms with Crippen molar-refractivity contribution in [2.75, 3.05) is 0 Å². The first-order chi connectivity index (χ1) is 15.1. The van der Waals surface area contributed by atoms with Crippen molar-refractivity contribution in [2.45, 2.75) is 50.9 Å². The zero-order valence-corrected chi connectivity index (χ0v) is 22.3. The van der Waals surface area contributed by atoms with Gasteiger partial charge in [-0.25, -0.2) is 0 Å². The highest BCUT2D eigenvalue weighted by Gasteiger charge is 2.42. The molecule has 1 atom stereocenters. The van der Waals surface area contributed by atoms with Crippen LogP contribution in [-0.2, 0) is 0 Å². The van der Waals surface area contributed by atoms with Gasteiger partial charge in [0.2, 0.25) is 0 Å². The zero-order chi connectivity index (χ0) is 22.7. The second-order valence-electron chi connectivity index (χ2n) is 11.7. The Morgan fingerprint density at radius 1 is 0.656 bits per heavy atom. The number of fused-ring (bicyclic) bond motifs is 4. The molecule has 0 fully saturated rings. The zero-order valence-electron chi connectivity index (χ0n) is 20.3. The van der Waals surface area contributed by atoms with Crippen molar-refractivity contribution in [3.8, 4) is 0 Å². The van der Waals surface area contributed by atoms with Crippen LogP contribution < -0.4 is 0 Å². The molecule has 0 unspecified atom stereocenters. The molecular weight excluding hydrogens is 417 g/mol. The van der Waals surface area contributed by atoms with E-state index in [1.807, 2.05) is 0 Å². The summed E-state index contributed by atoms with van der Waals surface area (Å²) in [5.41, 5.74) is 8.36. The van der Waals surface area contributed by atoms with Gasteiger partial charge in [-0.3, -0.25) is 0 Å². The fraction of sp³-hybridized carbons (Fsp3) is 0.267. The minimum atomic E-state index is -1.57.